The number of hydrogen-bond donors (Lipinski definition) is 0. The third kappa shape index (κ3) is 3.95. The molecule has 0 radical (unpaired) electrons. The van der Waals surface area contributed by atoms with Crippen LogP contribution in [-0.4, -0.2) is 8.80 Å². The van der Waals surface area contributed by atoms with Gasteiger partial charge in [-0.15, -0.1) is 0 Å². The van der Waals surface area contributed by atoms with E-state index in [1.165, 1.54) is 121 Å². The standard InChI is InChI=1S/C54H32N2/c1-3-11-33(12-4-1)35-19-23-37(24-20-35)39-27-29-47-43(31-39)51-49-41-15-7-10-18-46(41)56-48-30-28-40(38-25-21-36(22-26-38)34-13-5-2-6-14-34)32-44(48)52(54(49)56)50-42-16-8-9-17-45(42)55(47)53(50)51/h1-32H. The maximum atomic E-state index is 2.55. The highest BCUT2D eigenvalue weighted by Crippen LogP contribution is 2.52. The molecule has 13 aromatic rings. The van der Waals surface area contributed by atoms with Crippen molar-refractivity contribution in [3.05, 3.63) is 194 Å². The maximum Gasteiger partial charge on any atom is 0.0634 e. The molecule has 0 aliphatic rings. The minimum absolute atomic E-state index is 1.22. The van der Waals surface area contributed by atoms with Crippen LogP contribution in [0.1, 0.15) is 0 Å². The summed E-state index contributed by atoms with van der Waals surface area (Å²) in [5.74, 6) is 0. The first-order chi connectivity index (χ1) is 27.8. The number of rotatable bonds is 4. The van der Waals surface area contributed by atoms with Crippen LogP contribution in [0.25, 0.3) is 121 Å². The molecule has 0 fully saturated rings. The van der Waals surface area contributed by atoms with E-state index < -0.39 is 0 Å². The van der Waals surface area contributed by atoms with E-state index in [1.54, 1.807) is 0 Å². The average molecular weight is 709 g/mol. The van der Waals surface area contributed by atoms with Crippen LogP contribution < -0.4 is 0 Å². The monoisotopic (exact) mass is 708 g/mol. The van der Waals surface area contributed by atoms with E-state index in [-0.39, 0.29) is 0 Å². The molecule has 2 nitrogen and oxygen atoms in total. The van der Waals surface area contributed by atoms with Gasteiger partial charge in [-0.1, -0.05) is 158 Å². The summed E-state index contributed by atoms with van der Waals surface area (Å²) >= 11 is 0. The van der Waals surface area contributed by atoms with Crippen LogP contribution in [0, 0.1) is 0 Å². The van der Waals surface area contributed by atoms with Gasteiger partial charge in [0.25, 0.3) is 0 Å². The summed E-state index contributed by atoms with van der Waals surface area (Å²) in [4.78, 5) is 0. The minimum atomic E-state index is 1.22. The van der Waals surface area contributed by atoms with Crippen LogP contribution in [0.3, 0.4) is 0 Å². The van der Waals surface area contributed by atoms with Gasteiger partial charge in [-0.05, 0) is 80.9 Å². The number of benzene rings is 9. The first-order valence-electron chi connectivity index (χ1n) is 19.4. The van der Waals surface area contributed by atoms with Crippen molar-refractivity contribution in [1.82, 2.24) is 8.80 Å². The predicted molar refractivity (Wildman–Crippen MR) is 238 cm³/mol. The van der Waals surface area contributed by atoms with E-state index in [9.17, 15) is 0 Å². The Labute approximate surface area is 322 Å². The third-order valence-corrected chi connectivity index (χ3v) is 12.4. The Morgan fingerprint density at radius 3 is 0.911 bits per heavy atom. The van der Waals surface area contributed by atoms with E-state index in [0.29, 0.717) is 0 Å². The molecule has 0 unspecified atom stereocenters. The lowest BCUT2D eigenvalue weighted by molar-refractivity contribution is 1.37. The van der Waals surface area contributed by atoms with Gasteiger partial charge in [-0.2, -0.15) is 0 Å². The van der Waals surface area contributed by atoms with Gasteiger partial charge in [0, 0.05) is 43.1 Å². The van der Waals surface area contributed by atoms with Crippen molar-refractivity contribution in [1.29, 1.82) is 0 Å². The second kappa shape index (κ2) is 11.1. The van der Waals surface area contributed by atoms with Gasteiger partial charge in [0.2, 0.25) is 0 Å². The summed E-state index contributed by atoms with van der Waals surface area (Å²) in [5.41, 5.74) is 17.5. The van der Waals surface area contributed by atoms with Gasteiger partial charge >= 0.3 is 0 Å². The van der Waals surface area contributed by atoms with Crippen molar-refractivity contribution in [2.45, 2.75) is 0 Å². The third-order valence-electron chi connectivity index (χ3n) is 12.4. The highest BCUT2D eigenvalue weighted by atomic mass is 14.9. The molecule has 2 heteroatoms. The zero-order chi connectivity index (χ0) is 36.5. The molecule has 4 heterocycles. The Hall–Kier alpha value is -7.42. The maximum absolute atomic E-state index is 2.55. The number of aromatic nitrogens is 2. The van der Waals surface area contributed by atoms with Gasteiger partial charge in [-0.3, -0.25) is 0 Å². The molecule has 0 saturated heterocycles. The van der Waals surface area contributed by atoms with Crippen LogP contribution in [0.15, 0.2) is 194 Å². The van der Waals surface area contributed by atoms with Gasteiger partial charge in [0.1, 0.15) is 0 Å². The van der Waals surface area contributed by atoms with Crippen LogP contribution >= 0.6 is 0 Å². The van der Waals surface area contributed by atoms with Crippen molar-refractivity contribution in [2.24, 2.45) is 0 Å². The Balaban J connectivity index is 1.12. The summed E-state index contributed by atoms with van der Waals surface area (Å²) in [7, 11) is 0. The number of para-hydroxylation sites is 2. The topological polar surface area (TPSA) is 8.82 Å². The molecule has 4 aromatic heterocycles. The van der Waals surface area contributed by atoms with Gasteiger partial charge < -0.3 is 8.80 Å². The predicted octanol–water partition coefficient (Wildman–Crippen LogP) is 14.7. The van der Waals surface area contributed by atoms with E-state index in [2.05, 4.69) is 203 Å². The number of fused-ring (bicyclic) bond motifs is 14. The first kappa shape index (κ1) is 30.0. The molecule has 56 heavy (non-hydrogen) atoms. The van der Waals surface area contributed by atoms with E-state index in [0.717, 1.165) is 0 Å². The fraction of sp³-hybridized carbons (Fsp3) is 0. The SMILES string of the molecule is c1ccc(-c2ccc(-c3ccc4c(c3)c3c5c6ccccc6n6c7ccc(-c8ccc(-c9ccccc9)cc8)cc7c(c7c8ccccc8n4c73)c56)cc2)cc1. The molecular weight excluding hydrogens is 677 g/mol. The molecule has 0 bridgehead atoms. The van der Waals surface area contributed by atoms with Crippen molar-refractivity contribution in [2.75, 3.05) is 0 Å². The summed E-state index contributed by atoms with van der Waals surface area (Å²) in [6.07, 6.45) is 0. The smallest absolute Gasteiger partial charge is 0.0634 e. The van der Waals surface area contributed by atoms with Crippen molar-refractivity contribution in [3.8, 4) is 44.5 Å². The molecular formula is C54H32N2. The molecule has 0 spiro atoms. The lowest BCUT2D eigenvalue weighted by Gasteiger charge is -2.07. The number of hydrogen-bond acceptors (Lipinski definition) is 0. The normalized spacial score (nSPS) is 12.3. The summed E-state index contributed by atoms with van der Waals surface area (Å²) in [5, 5.41) is 10.6. The molecule has 258 valence electrons. The molecule has 0 atom stereocenters. The first-order valence-corrected chi connectivity index (χ1v) is 19.4. The number of nitrogens with zero attached hydrogens (tertiary/aromatic N) is 2. The zero-order valence-electron chi connectivity index (χ0n) is 30.4. The summed E-state index contributed by atoms with van der Waals surface area (Å²) < 4.78 is 5.09. The molecule has 0 aliphatic carbocycles. The Morgan fingerprint density at radius 1 is 0.214 bits per heavy atom. The quantitative estimate of drug-likeness (QED) is 0.172. The Bertz CT molecular complexity index is 3400. The molecule has 0 N–H and O–H groups in total. The zero-order valence-corrected chi connectivity index (χ0v) is 30.4. The molecule has 9 aromatic carbocycles. The van der Waals surface area contributed by atoms with E-state index in [4.69, 9.17) is 0 Å². The average Bonchev–Trinajstić information content (AvgIpc) is 4.00. The van der Waals surface area contributed by atoms with Gasteiger partial charge in [0.15, 0.2) is 0 Å². The van der Waals surface area contributed by atoms with Crippen LogP contribution in [-0.2, 0) is 0 Å². The summed E-state index contributed by atoms with van der Waals surface area (Å²) in [6, 6.07) is 71.5. The molecule has 0 saturated carbocycles. The lowest BCUT2D eigenvalue weighted by Crippen LogP contribution is -1.83. The Morgan fingerprint density at radius 2 is 0.500 bits per heavy atom. The molecule has 0 amide bonds. The lowest BCUT2D eigenvalue weighted by atomic mass is 9.95. The second-order valence-corrected chi connectivity index (χ2v) is 15.3. The highest BCUT2D eigenvalue weighted by Gasteiger charge is 2.28. The van der Waals surface area contributed by atoms with Crippen molar-refractivity contribution in [3.63, 3.8) is 0 Å². The molecule has 13 rings (SSSR count). The fourth-order valence-corrected chi connectivity index (χ4v) is 9.91. The molecule has 0 aliphatic heterocycles. The van der Waals surface area contributed by atoms with E-state index >= 15 is 0 Å². The summed E-state index contributed by atoms with van der Waals surface area (Å²) in [6.45, 7) is 0. The van der Waals surface area contributed by atoms with E-state index in [1.807, 2.05) is 0 Å². The second-order valence-electron chi connectivity index (χ2n) is 15.3. The van der Waals surface area contributed by atoms with Gasteiger partial charge in [-0.25, -0.2) is 0 Å². The van der Waals surface area contributed by atoms with Crippen molar-refractivity contribution < 1.29 is 0 Å². The highest BCUT2D eigenvalue weighted by molar-refractivity contribution is 6.45. The van der Waals surface area contributed by atoms with Crippen LogP contribution in [0.2, 0.25) is 0 Å². The fourth-order valence-electron chi connectivity index (χ4n) is 9.91. The van der Waals surface area contributed by atoms with Gasteiger partial charge in [0.05, 0.1) is 33.1 Å². The van der Waals surface area contributed by atoms with Crippen LogP contribution in [0.5, 0.6) is 0 Å². The largest absolute Gasteiger partial charge is 0.308 e. The van der Waals surface area contributed by atoms with Crippen molar-refractivity contribution >= 4 is 76.2 Å². The minimum Gasteiger partial charge on any atom is -0.308 e. The van der Waals surface area contributed by atoms with Crippen LogP contribution in [0.4, 0.5) is 0 Å². The Kier molecular flexibility index (Phi) is 5.92.